The Morgan fingerprint density at radius 1 is 1.13 bits per heavy atom. The van der Waals surface area contributed by atoms with Crippen LogP contribution in [0.25, 0.3) is 5.65 Å². The van der Waals surface area contributed by atoms with Crippen molar-refractivity contribution in [2.24, 2.45) is 0 Å². The number of nitrogens with zero attached hydrogens (tertiary/aromatic N) is 2. The first-order chi connectivity index (χ1) is 11.1. The molecule has 0 aliphatic rings. The van der Waals surface area contributed by atoms with Crippen molar-refractivity contribution in [2.45, 2.75) is 13.8 Å². The van der Waals surface area contributed by atoms with Crippen LogP contribution in [-0.4, -0.2) is 28.6 Å². The van der Waals surface area contributed by atoms with Crippen LogP contribution in [0.1, 0.15) is 21.7 Å². The van der Waals surface area contributed by atoms with E-state index in [4.69, 9.17) is 9.47 Å². The van der Waals surface area contributed by atoms with E-state index >= 15 is 0 Å². The summed E-state index contributed by atoms with van der Waals surface area (Å²) in [5.74, 6) is 0.324. The Hall–Kier alpha value is -2.82. The van der Waals surface area contributed by atoms with Gasteiger partial charge in [0.1, 0.15) is 24.6 Å². The number of fused-ring (bicyclic) bond motifs is 1. The first kappa shape index (κ1) is 15.1. The van der Waals surface area contributed by atoms with Gasteiger partial charge in [-0.3, -0.25) is 0 Å². The van der Waals surface area contributed by atoms with Crippen LogP contribution in [0.3, 0.4) is 0 Å². The molecule has 0 saturated carbocycles. The standard InChI is InChI=1S/C18H18N2O3/c1-13-5-3-7-15(11-13)22-9-10-23-18(21)16-12-20-14(2)6-4-8-17(20)19-16/h3-8,11-12H,9-10H2,1-2H3. The summed E-state index contributed by atoms with van der Waals surface area (Å²) in [6.07, 6.45) is 1.69. The van der Waals surface area contributed by atoms with E-state index in [-0.39, 0.29) is 6.61 Å². The predicted molar refractivity (Wildman–Crippen MR) is 86.9 cm³/mol. The van der Waals surface area contributed by atoms with Crippen molar-refractivity contribution in [3.05, 3.63) is 65.6 Å². The largest absolute Gasteiger partial charge is 0.490 e. The van der Waals surface area contributed by atoms with Gasteiger partial charge in [-0.25, -0.2) is 9.78 Å². The highest BCUT2D eigenvalue weighted by atomic mass is 16.6. The molecule has 0 N–H and O–H groups in total. The van der Waals surface area contributed by atoms with Crippen LogP contribution < -0.4 is 4.74 Å². The van der Waals surface area contributed by atoms with Crippen LogP contribution in [-0.2, 0) is 4.74 Å². The van der Waals surface area contributed by atoms with Gasteiger partial charge in [0.2, 0.25) is 0 Å². The molecule has 0 amide bonds. The molecule has 0 saturated heterocycles. The molecule has 5 heteroatoms. The lowest BCUT2D eigenvalue weighted by Gasteiger charge is -2.07. The molecule has 0 atom stereocenters. The summed E-state index contributed by atoms with van der Waals surface area (Å²) in [6, 6.07) is 13.5. The molecule has 23 heavy (non-hydrogen) atoms. The number of hydrogen-bond donors (Lipinski definition) is 0. The van der Waals surface area contributed by atoms with Crippen LogP contribution in [0.15, 0.2) is 48.7 Å². The smallest absolute Gasteiger partial charge is 0.358 e. The van der Waals surface area contributed by atoms with Crippen LogP contribution >= 0.6 is 0 Å². The number of benzene rings is 1. The van der Waals surface area contributed by atoms with Crippen molar-refractivity contribution in [1.29, 1.82) is 0 Å². The molecule has 5 nitrogen and oxygen atoms in total. The minimum Gasteiger partial charge on any atom is -0.490 e. The van der Waals surface area contributed by atoms with E-state index in [9.17, 15) is 4.79 Å². The fourth-order valence-electron chi connectivity index (χ4n) is 2.32. The van der Waals surface area contributed by atoms with Gasteiger partial charge in [-0.15, -0.1) is 0 Å². The van der Waals surface area contributed by atoms with Crippen molar-refractivity contribution in [2.75, 3.05) is 13.2 Å². The van der Waals surface area contributed by atoms with Gasteiger partial charge in [-0.2, -0.15) is 0 Å². The molecule has 0 unspecified atom stereocenters. The molecule has 3 rings (SSSR count). The quantitative estimate of drug-likeness (QED) is 0.536. The van der Waals surface area contributed by atoms with Crippen molar-refractivity contribution in [1.82, 2.24) is 9.38 Å². The summed E-state index contributed by atoms with van der Waals surface area (Å²) in [6.45, 7) is 4.44. The normalized spacial score (nSPS) is 10.7. The summed E-state index contributed by atoms with van der Waals surface area (Å²) in [5.41, 5.74) is 3.17. The first-order valence-corrected chi connectivity index (χ1v) is 7.45. The fraction of sp³-hybridized carbons (Fsp3) is 0.222. The Labute approximate surface area is 134 Å². The SMILES string of the molecule is Cc1cccc(OCCOC(=O)c2cn3c(C)cccc3n2)c1. The van der Waals surface area contributed by atoms with Gasteiger partial charge in [0, 0.05) is 11.9 Å². The second-order valence-electron chi connectivity index (χ2n) is 5.32. The zero-order chi connectivity index (χ0) is 16.2. The van der Waals surface area contributed by atoms with Crippen LogP contribution in [0.5, 0.6) is 5.75 Å². The molecule has 2 aromatic heterocycles. The number of hydrogen-bond acceptors (Lipinski definition) is 4. The van der Waals surface area contributed by atoms with Crippen molar-refractivity contribution in [3.63, 3.8) is 0 Å². The molecule has 2 heterocycles. The Kier molecular flexibility index (Phi) is 4.28. The predicted octanol–water partition coefficient (Wildman–Crippen LogP) is 3.19. The fourth-order valence-corrected chi connectivity index (χ4v) is 2.32. The zero-order valence-corrected chi connectivity index (χ0v) is 13.2. The molecule has 0 bridgehead atoms. The van der Waals surface area contributed by atoms with E-state index in [0.29, 0.717) is 12.3 Å². The van der Waals surface area contributed by atoms with Gasteiger partial charge in [0.25, 0.3) is 0 Å². The molecule has 0 spiro atoms. The number of carbonyl (C=O) groups excluding carboxylic acids is 1. The lowest BCUT2D eigenvalue weighted by Crippen LogP contribution is -2.12. The van der Waals surface area contributed by atoms with Gasteiger partial charge < -0.3 is 13.9 Å². The monoisotopic (exact) mass is 310 g/mol. The van der Waals surface area contributed by atoms with E-state index < -0.39 is 5.97 Å². The molecule has 0 fully saturated rings. The Morgan fingerprint density at radius 2 is 1.96 bits per heavy atom. The summed E-state index contributed by atoms with van der Waals surface area (Å²) >= 11 is 0. The number of esters is 1. The van der Waals surface area contributed by atoms with Gasteiger partial charge >= 0.3 is 5.97 Å². The Balaban J connectivity index is 1.55. The lowest BCUT2D eigenvalue weighted by atomic mass is 10.2. The van der Waals surface area contributed by atoms with Crippen molar-refractivity contribution >= 4 is 11.6 Å². The summed E-state index contributed by atoms with van der Waals surface area (Å²) in [7, 11) is 0. The van der Waals surface area contributed by atoms with Gasteiger partial charge in [0.15, 0.2) is 5.69 Å². The van der Waals surface area contributed by atoms with Crippen LogP contribution in [0.2, 0.25) is 0 Å². The van der Waals surface area contributed by atoms with Gasteiger partial charge in [0.05, 0.1) is 0 Å². The number of carbonyl (C=O) groups is 1. The number of ether oxygens (including phenoxy) is 2. The Bertz CT molecular complexity index is 839. The third-order valence-corrected chi connectivity index (χ3v) is 3.48. The number of pyridine rings is 1. The zero-order valence-electron chi connectivity index (χ0n) is 13.2. The van der Waals surface area contributed by atoms with Crippen LogP contribution in [0, 0.1) is 13.8 Å². The first-order valence-electron chi connectivity index (χ1n) is 7.45. The highest BCUT2D eigenvalue weighted by molar-refractivity contribution is 5.88. The van der Waals surface area contributed by atoms with Crippen molar-refractivity contribution in [3.8, 4) is 5.75 Å². The molecule has 1 aromatic carbocycles. The van der Waals surface area contributed by atoms with Gasteiger partial charge in [-0.05, 0) is 43.7 Å². The third-order valence-electron chi connectivity index (χ3n) is 3.48. The number of imidazole rings is 1. The van der Waals surface area contributed by atoms with E-state index in [1.807, 2.05) is 60.7 Å². The average molecular weight is 310 g/mol. The topological polar surface area (TPSA) is 52.8 Å². The van der Waals surface area contributed by atoms with E-state index in [2.05, 4.69) is 4.98 Å². The third kappa shape index (κ3) is 3.51. The minimum atomic E-state index is -0.444. The number of aromatic nitrogens is 2. The molecule has 0 aliphatic heterocycles. The van der Waals surface area contributed by atoms with Gasteiger partial charge in [-0.1, -0.05) is 18.2 Å². The number of aryl methyl sites for hydroxylation is 2. The van der Waals surface area contributed by atoms with E-state index in [0.717, 1.165) is 22.7 Å². The second kappa shape index (κ2) is 6.52. The summed E-state index contributed by atoms with van der Waals surface area (Å²) in [4.78, 5) is 16.3. The summed E-state index contributed by atoms with van der Waals surface area (Å²) in [5, 5.41) is 0. The molecule has 0 aliphatic carbocycles. The maximum Gasteiger partial charge on any atom is 0.358 e. The number of rotatable bonds is 5. The molecule has 0 radical (unpaired) electrons. The highest BCUT2D eigenvalue weighted by Crippen LogP contribution is 2.12. The molecular weight excluding hydrogens is 292 g/mol. The maximum absolute atomic E-state index is 12.0. The second-order valence-corrected chi connectivity index (χ2v) is 5.32. The highest BCUT2D eigenvalue weighted by Gasteiger charge is 2.12. The molecule has 118 valence electrons. The minimum absolute atomic E-state index is 0.180. The van der Waals surface area contributed by atoms with E-state index in [1.54, 1.807) is 6.20 Å². The maximum atomic E-state index is 12.0. The van der Waals surface area contributed by atoms with Crippen LogP contribution in [0.4, 0.5) is 0 Å². The molecular formula is C18H18N2O3. The van der Waals surface area contributed by atoms with E-state index in [1.165, 1.54) is 0 Å². The lowest BCUT2D eigenvalue weighted by molar-refractivity contribution is 0.0444. The molecule has 3 aromatic rings. The Morgan fingerprint density at radius 3 is 2.74 bits per heavy atom. The average Bonchev–Trinajstić information content (AvgIpc) is 2.97. The van der Waals surface area contributed by atoms with Crippen molar-refractivity contribution < 1.29 is 14.3 Å². The summed E-state index contributed by atoms with van der Waals surface area (Å²) < 4.78 is 12.6.